The van der Waals surface area contributed by atoms with Gasteiger partial charge in [0.2, 0.25) is 11.8 Å². The average Bonchev–Trinajstić information content (AvgIpc) is 3.12. The van der Waals surface area contributed by atoms with Crippen LogP contribution in [0.1, 0.15) is 46.9 Å². The molecule has 1 saturated heterocycles. The summed E-state index contributed by atoms with van der Waals surface area (Å²) in [6.45, 7) is 4.81. The van der Waals surface area contributed by atoms with E-state index in [-0.39, 0.29) is 25.9 Å². The summed E-state index contributed by atoms with van der Waals surface area (Å²) >= 11 is 0. The quantitative estimate of drug-likeness (QED) is 0.463. The highest BCUT2D eigenvalue weighted by Gasteiger charge is 2.31. The van der Waals surface area contributed by atoms with Crippen molar-refractivity contribution in [3.8, 4) is 6.07 Å². The number of carbonyl (C=O) groups is 2. The predicted molar refractivity (Wildman–Crippen MR) is 99.2 cm³/mol. The fourth-order valence-corrected chi connectivity index (χ4v) is 2.80. The summed E-state index contributed by atoms with van der Waals surface area (Å²) in [6, 6.07) is 1.24. The van der Waals surface area contributed by atoms with Gasteiger partial charge in [-0.2, -0.15) is 5.26 Å². The van der Waals surface area contributed by atoms with Crippen LogP contribution in [-0.2, 0) is 19.1 Å². The highest BCUT2D eigenvalue weighted by molar-refractivity contribution is 5.82. The first-order valence-electron chi connectivity index (χ1n) is 9.48. The zero-order chi connectivity index (χ0) is 19.2. The van der Waals surface area contributed by atoms with Crippen LogP contribution in [0.25, 0.3) is 0 Å². The first-order valence-corrected chi connectivity index (χ1v) is 9.48. The summed E-state index contributed by atoms with van der Waals surface area (Å²) in [6.07, 6.45) is 4.59. The molecule has 3 N–H and O–H groups in total. The molecule has 0 aromatic carbocycles. The summed E-state index contributed by atoms with van der Waals surface area (Å²) in [5.41, 5.74) is 5.95. The minimum atomic E-state index is -0.578. The number of nitrogens with one attached hydrogen (secondary N) is 1. The number of rotatable bonds is 13. The average molecular weight is 370 g/mol. The summed E-state index contributed by atoms with van der Waals surface area (Å²) in [7, 11) is 0. The molecule has 8 nitrogen and oxygen atoms in total. The molecular formula is C18H34N4O4. The van der Waals surface area contributed by atoms with Crippen molar-refractivity contribution in [3.05, 3.63) is 0 Å². The molecule has 0 aromatic rings. The van der Waals surface area contributed by atoms with Crippen LogP contribution < -0.4 is 11.1 Å². The van der Waals surface area contributed by atoms with E-state index in [9.17, 15) is 9.59 Å². The van der Waals surface area contributed by atoms with Gasteiger partial charge in [0.05, 0.1) is 25.3 Å². The van der Waals surface area contributed by atoms with Gasteiger partial charge in [-0.1, -0.05) is 6.92 Å². The van der Waals surface area contributed by atoms with Crippen molar-refractivity contribution in [2.75, 3.05) is 39.5 Å². The molecule has 8 heteroatoms. The fourth-order valence-electron chi connectivity index (χ4n) is 2.80. The van der Waals surface area contributed by atoms with Crippen molar-refractivity contribution in [3.63, 3.8) is 0 Å². The van der Waals surface area contributed by atoms with Crippen molar-refractivity contribution < 1.29 is 20.5 Å². The Kier molecular flexibility index (Phi) is 11.6. The number of carbonyl (C=O) groups excluding carboxylic acids is 2. The Balaban J connectivity index is 0.00000676. The van der Waals surface area contributed by atoms with Crippen molar-refractivity contribution in [2.45, 2.75) is 57.5 Å². The lowest BCUT2D eigenvalue weighted by Gasteiger charge is -2.23. The number of ether oxygens (including phenoxy) is 2. The lowest BCUT2D eigenvalue weighted by atomic mass is 10.1. The maximum absolute atomic E-state index is 12.3. The Bertz CT molecular complexity index is 473. The standard InChI is InChI=1S/C18H32N4O4.H2/c1-2-10-25-11-12-26-14-17(23)21-8-4-3-7-16(20)18(24)22-9-5-6-15(22)13-19;/h15-16H,2-12,14,20H2,1H3,(H,21,23);1H/t15-,16-;/m0./s1. The fraction of sp³-hybridized carbons (Fsp3) is 0.833. The van der Waals surface area contributed by atoms with Gasteiger partial charge in [0.25, 0.3) is 0 Å². The Morgan fingerprint density at radius 3 is 2.85 bits per heavy atom. The van der Waals surface area contributed by atoms with Gasteiger partial charge in [-0.05, 0) is 38.5 Å². The molecule has 1 fully saturated rings. The van der Waals surface area contributed by atoms with E-state index in [2.05, 4.69) is 11.4 Å². The second-order valence-electron chi connectivity index (χ2n) is 6.44. The van der Waals surface area contributed by atoms with Crippen LogP contribution in [0.15, 0.2) is 0 Å². The molecule has 1 aliphatic rings. The first kappa shape index (κ1) is 22.4. The van der Waals surface area contributed by atoms with Crippen LogP contribution >= 0.6 is 0 Å². The number of nitriles is 1. The molecular weight excluding hydrogens is 336 g/mol. The van der Waals surface area contributed by atoms with Crippen molar-refractivity contribution in [1.82, 2.24) is 10.2 Å². The molecule has 2 amide bonds. The van der Waals surface area contributed by atoms with E-state index >= 15 is 0 Å². The third kappa shape index (κ3) is 8.61. The summed E-state index contributed by atoms with van der Waals surface area (Å²) in [5, 5.41) is 11.8. The van der Waals surface area contributed by atoms with Crippen LogP contribution in [0.3, 0.4) is 0 Å². The van der Waals surface area contributed by atoms with Gasteiger partial charge in [0.15, 0.2) is 0 Å². The molecule has 0 radical (unpaired) electrons. The minimum absolute atomic E-state index is 0. The van der Waals surface area contributed by atoms with E-state index in [1.165, 1.54) is 0 Å². The summed E-state index contributed by atoms with van der Waals surface area (Å²) in [5.74, 6) is -0.299. The van der Waals surface area contributed by atoms with E-state index in [0.29, 0.717) is 39.3 Å². The van der Waals surface area contributed by atoms with Gasteiger partial charge in [-0.15, -0.1) is 0 Å². The topological polar surface area (TPSA) is 118 Å². The van der Waals surface area contributed by atoms with Crippen LogP contribution in [0.5, 0.6) is 0 Å². The van der Waals surface area contributed by atoms with Crippen LogP contribution in [-0.4, -0.2) is 68.3 Å². The molecule has 0 spiro atoms. The molecule has 0 saturated carbocycles. The third-order valence-corrected chi connectivity index (χ3v) is 4.22. The Hall–Kier alpha value is -1.69. The highest BCUT2D eigenvalue weighted by atomic mass is 16.5. The smallest absolute Gasteiger partial charge is 0.245 e. The molecule has 0 bridgehead atoms. The van der Waals surface area contributed by atoms with Gasteiger partial charge in [-0.25, -0.2) is 0 Å². The Labute approximate surface area is 157 Å². The first-order chi connectivity index (χ1) is 12.6. The maximum atomic E-state index is 12.3. The SMILES string of the molecule is CCCOCCOCC(=O)NCCCC[C@H](N)C(=O)N1CCC[C@H]1C#N.[HH]. The zero-order valence-corrected chi connectivity index (χ0v) is 15.7. The normalized spacial score (nSPS) is 17.7. The van der Waals surface area contributed by atoms with E-state index < -0.39 is 6.04 Å². The van der Waals surface area contributed by atoms with E-state index in [1.54, 1.807) is 4.90 Å². The molecule has 150 valence electrons. The molecule has 26 heavy (non-hydrogen) atoms. The van der Waals surface area contributed by atoms with Crippen molar-refractivity contribution >= 4 is 11.8 Å². The Morgan fingerprint density at radius 1 is 1.35 bits per heavy atom. The van der Waals surface area contributed by atoms with Crippen molar-refractivity contribution in [1.29, 1.82) is 5.26 Å². The molecule has 0 unspecified atom stereocenters. The van der Waals surface area contributed by atoms with Crippen LogP contribution in [0.2, 0.25) is 0 Å². The molecule has 0 aliphatic carbocycles. The number of likely N-dealkylation sites (tertiary alicyclic amines) is 1. The van der Waals surface area contributed by atoms with Gasteiger partial charge >= 0.3 is 0 Å². The molecule has 0 aromatic heterocycles. The lowest BCUT2D eigenvalue weighted by molar-refractivity contribution is -0.132. The predicted octanol–water partition coefficient (Wildman–Crippen LogP) is 0.804. The third-order valence-electron chi connectivity index (χ3n) is 4.22. The molecule has 1 heterocycles. The molecule has 1 rings (SSSR count). The highest BCUT2D eigenvalue weighted by Crippen LogP contribution is 2.18. The number of amides is 2. The molecule has 2 atom stereocenters. The minimum Gasteiger partial charge on any atom is -0.379 e. The summed E-state index contributed by atoms with van der Waals surface area (Å²) in [4.78, 5) is 25.4. The van der Waals surface area contributed by atoms with Gasteiger partial charge in [0, 0.05) is 21.1 Å². The van der Waals surface area contributed by atoms with Gasteiger partial charge in [-0.3, -0.25) is 9.59 Å². The van der Waals surface area contributed by atoms with Crippen LogP contribution in [0.4, 0.5) is 0 Å². The lowest BCUT2D eigenvalue weighted by Crippen LogP contribution is -2.45. The molecule has 1 aliphatic heterocycles. The number of nitrogens with two attached hydrogens (primary N) is 1. The Morgan fingerprint density at radius 2 is 2.12 bits per heavy atom. The van der Waals surface area contributed by atoms with E-state index in [0.717, 1.165) is 32.1 Å². The maximum Gasteiger partial charge on any atom is 0.245 e. The number of hydrogen-bond acceptors (Lipinski definition) is 6. The second kappa shape index (κ2) is 13.5. The van der Waals surface area contributed by atoms with Crippen molar-refractivity contribution in [2.24, 2.45) is 5.73 Å². The number of unbranched alkanes of at least 4 members (excludes halogenated alkanes) is 1. The monoisotopic (exact) mass is 370 g/mol. The van der Waals surface area contributed by atoms with E-state index in [1.807, 2.05) is 6.92 Å². The van der Waals surface area contributed by atoms with Gasteiger partial charge < -0.3 is 25.4 Å². The summed E-state index contributed by atoms with van der Waals surface area (Å²) < 4.78 is 10.5. The van der Waals surface area contributed by atoms with E-state index in [4.69, 9.17) is 20.5 Å². The van der Waals surface area contributed by atoms with Gasteiger partial charge in [0.1, 0.15) is 12.6 Å². The number of hydrogen-bond donors (Lipinski definition) is 2. The number of nitrogens with zero attached hydrogens (tertiary/aromatic N) is 2. The van der Waals surface area contributed by atoms with Crippen LogP contribution in [0, 0.1) is 11.3 Å². The second-order valence-corrected chi connectivity index (χ2v) is 6.44. The largest absolute Gasteiger partial charge is 0.379 e. The zero-order valence-electron chi connectivity index (χ0n) is 15.7.